The predicted molar refractivity (Wildman–Crippen MR) is 47.8 cm³/mol. The largest absolute Gasteiger partial charge is 0.392 e. The van der Waals surface area contributed by atoms with E-state index in [1.165, 1.54) is 12.3 Å². The van der Waals surface area contributed by atoms with Gasteiger partial charge in [0.05, 0.1) is 6.61 Å². The third kappa shape index (κ3) is 2.10. The van der Waals surface area contributed by atoms with Crippen molar-refractivity contribution in [3.63, 3.8) is 0 Å². The Morgan fingerprint density at radius 2 is 2.25 bits per heavy atom. The second-order valence-electron chi connectivity index (χ2n) is 2.18. The summed E-state index contributed by atoms with van der Waals surface area (Å²) in [4.78, 5) is 3.72. The highest BCUT2D eigenvalue weighted by Gasteiger charge is 2.12. The van der Waals surface area contributed by atoms with Crippen LogP contribution in [-0.2, 0) is 6.61 Å². The van der Waals surface area contributed by atoms with Crippen LogP contribution in [0.3, 0.4) is 0 Å². The molecule has 12 heavy (non-hydrogen) atoms. The number of alkyl halides is 2. The number of aliphatic hydroxyl groups is 1. The lowest BCUT2D eigenvalue weighted by molar-refractivity contribution is 0.149. The van der Waals surface area contributed by atoms with Crippen molar-refractivity contribution in [3.05, 3.63) is 27.1 Å². The number of hydrogen-bond donors (Lipinski definition) is 1. The number of halogens is 3. The molecule has 0 aliphatic rings. The van der Waals surface area contributed by atoms with E-state index < -0.39 is 6.43 Å². The molecule has 1 aromatic rings. The second-order valence-corrected chi connectivity index (χ2v) is 3.20. The highest BCUT2D eigenvalue weighted by Crippen LogP contribution is 2.23. The number of pyridine rings is 1. The van der Waals surface area contributed by atoms with Crippen LogP contribution < -0.4 is 0 Å². The summed E-state index contributed by atoms with van der Waals surface area (Å²) in [7, 11) is 0. The first-order chi connectivity index (χ1) is 5.65. The summed E-state index contributed by atoms with van der Waals surface area (Å²) in [6.07, 6.45) is -1.15. The molecule has 0 atom stereocenters. The Labute approximate surface area is 81.8 Å². The number of aliphatic hydroxyl groups excluding tert-OH is 1. The van der Waals surface area contributed by atoms with E-state index in [0.717, 1.165) is 0 Å². The molecule has 1 N–H and O–H groups in total. The lowest BCUT2D eigenvalue weighted by atomic mass is 10.2. The van der Waals surface area contributed by atoms with Gasteiger partial charge in [-0.3, -0.25) is 0 Å². The minimum atomic E-state index is -2.53. The Kier molecular flexibility index (Phi) is 3.33. The lowest BCUT2D eigenvalue weighted by Gasteiger charge is -2.03. The molecule has 0 fully saturated rings. The molecule has 1 rings (SSSR count). The van der Waals surface area contributed by atoms with Crippen LogP contribution in [0.1, 0.15) is 17.6 Å². The maximum Gasteiger partial charge on any atom is 0.266 e. The highest BCUT2D eigenvalue weighted by atomic mass is 127. The summed E-state index contributed by atoms with van der Waals surface area (Å²) in [5, 5.41) is 8.65. The number of nitrogens with zero attached hydrogens (tertiary/aromatic N) is 1. The molecule has 0 unspecified atom stereocenters. The van der Waals surface area contributed by atoms with Gasteiger partial charge in [-0.15, -0.1) is 0 Å². The van der Waals surface area contributed by atoms with Crippen LogP contribution >= 0.6 is 22.6 Å². The molecule has 1 heterocycles. The van der Waals surface area contributed by atoms with Gasteiger partial charge in [-0.25, -0.2) is 13.8 Å². The molecular weight excluding hydrogens is 279 g/mol. The molecular formula is C7H6F2INO. The van der Waals surface area contributed by atoms with E-state index in [0.29, 0.717) is 5.56 Å². The van der Waals surface area contributed by atoms with Gasteiger partial charge in [-0.05, 0) is 34.2 Å². The maximum absolute atomic E-state index is 12.2. The molecule has 5 heteroatoms. The van der Waals surface area contributed by atoms with E-state index in [4.69, 9.17) is 5.11 Å². The molecule has 2 nitrogen and oxygen atoms in total. The van der Waals surface area contributed by atoms with Crippen LogP contribution in [0.4, 0.5) is 8.78 Å². The summed E-state index contributed by atoms with van der Waals surface area (Å²) in [6.45, 7) is -0.260. The van der Waals surface area contributed by atoms with Crippen molar-refractivity contribution >= 4 is 22.6 Å². The van der Waals surface area contributed by atoms with Crippen molar-refractivity contribution in [3.8, 4) is 0 Å². The normalized spacial score (nSPS) is 10.8. The SMILES string of the molecule is OCc1cnc(I)c(C(F)F)c1. The zero-order valence-electron chi connectivity index (χ0n) is 5.97. The fraction of sp³-hybridized carbons (Fsp3) is 0.286. The molecule has 0 aliphatic carbocycles. The molecule has 0 aromatic carbocycles. The van der Waals surface area contributed by atoms with Crippen molar-refractivity contribution in [2.24, 2.45) is 0 Å². The summed E-state index contributed by atoms with van der Waals surface area (Å²) in [5.74, 6) is 0. The molecule has 0 saturated carbocycles. The summed E-state index contributed by atoms with van der Waals surface area (Å²) >= 11 is 1.74. The molecule has 66 valence electrons. The number of aromatic nitrogens is 1. The topological polar surface area (TPSA) is 33.1 Å². The van der Waals surface area contributed by atoms with Gasteiger partial charge in [0.1, 0.15) is 3.70 Å². The lowest BCUT2D eigenvalue weighted by Crippen LogP contribution is -1.96. The van der Waals surface area contributed by atoms with E-state index in [-0.39, 0.29) is 15.9 Å². The van der Waals surface area contributed by atoms with Crippen LogP contribution in [0.2, 0.25) is 0 Å². The Balaban J connectivity index is 3.08. The van der Waals surface area contributed by atoms with Gasteiger partial charge < -0.3 is 5.11 Å². The van der Waals surface area contributed by atoms with Crippen LogP contribution in [0.15, 0.2) is 12.3 Å². The maximum atomic E-state index is 12.2. The minimum absolute atomic E-state index is 0.123. The second kappa shape index (κ2) is 4.08. The Morgan fingerprint density at radius 1 is 1.58 bits per heavy atom. The summed E-state index contributed by atoms with van der Waals surface area (Å²) in [6, 6.07) is 1.26. The standard InChI is InChI=1S/C7H6F2INO/c8-6(9)5-1-4(3-12)2-11-7(5)10/h1-2,6,12H,3H2. The average molecular weight is 285 g/mol. The smallest absolute Gasteiger partial charge is 0.266 e. The zero-order valence-corrected chi connectivity index (χ0v) is 8.12. The van der Waals surface area contributed by atoms with Crippen LogP contribution in [-0.4, -0.2) is 10.1 Å². The predicted octanol–water partition coefficient (Wildman–Crippen LogP) is 2.12. The van der Waals surface area contributed by atoms with Crippen molar-refractivity contribution < 1.29 is 13.9 Å². The van der Waals surface area contributed by atoms with Crippen LogP contribution in [0.5, 0.6) is 0 Å². The molecule has 0 spiro atoms. The summed E-state index contributed by atoms with van der Waals surface area (Å²) in [5.41, 5.74) is 0.285. The number of hydrogen-bond acceptors (Lipinski definition) is 2. The first-order valence-corrected chi connectivity index (χ1v) is 4.26. The Bertz CT molecular complexity index is 280. The van der Waals surface area contributed by atoms with E-state index in [1.807, 2.05) is 0 Å². The van der Waals surface area contributed by atoms with E-state index in [9.17, 15) is 8.78 Å². The van der Waals surface area contributed by atoms with E-state index >= 15 is 0 Å². The molecule has 0 saturated heterocycles. The minimum Gasteiger partial charge on any atom is -0.392 e. The van der Waals surface area contributed by atoms with Gasteiger partial charge in [-0.1, -0.05) is 0 Å². The fourth-order valence-corrected chi connectivity index (χ4v) is 1.28. The quantitative estimate of drug-likeness (QED) is 0.667. The van der Waals surface area contributed by atoms with Gasteiger partial charge in [-0.2, -0.15) is 0 Å². The Morgan fingerprint density at radius 3 is 2.75 bits per heavy atom. The van der Waals surface area contributed by atoms with E-state index in [2.05, 4.69) is 4.98 Å². The van der Waals surface area contributed by atoms with Crippen LogP contribution in [0.25, 0.3) is 0 Å². The van der Waals surface area contributed by atoms with E-state index in [1.54, 1.807) is 22.6 Å². The summed E-state index contributed by atoms with van der Waals surface area (Å²) < 4.78 is 24.7. The molecule has 0 amide bonds. The third-order valence-corrected chi connectivity index (χ3v) is 2.24. The highest BCUT2D eigenvalue weighted by molar-refractivity contribution is 14.1. The van der Waals surface area contributed by atoms with Crippen molar-refractivity contribution in [2.45, 2.75) is 13.0 Å². The van der Waals surface area contributed by atoms with Crippen molar-refractivity contribution in [2.75, 3.05) is 0 Å². The fourth-order valence-electron chi connectivity index (χ4n) is 0.750. The average Bonchev–Trinajstić information content (AvgIpc) is 2.05. The monoisotopic (exact) mass is 285 g/mol. The van der Waals surface area contributed by atoms with Gasteiger partial charge >= 0.3 is 0 Å². The Hall–Kier alpha value is -0.300. The first kappa shape index (κ1) is 9.79. The zero-order chi connectivity index (χ0) is 9.14. The molecule has 1 aromatic heterocycles. The van der Waals surface area contributed by atoms with Gasteiger partial charge in [0.15, 0.2) is 0 Å². The molecule has 0 radical (unpaired) electrons. The van der Waals surface area contributed by atoms with Crippen molar-refractivity contribution in [1.82, 2.24) is 4.98 Å². The van der Waals surface area contributed by atoms with Crippen molar-refractivity contribution in [1.29, 1.82) is 0 Å². The van der Waals surface area contributed by atoms with Gasteiger partial charge in [0.25, 0.3) is 6.43 Å². The first-order valence-electron chi connectivity index (χ1n) is 3.18. The van der Waals surface area contributed by atoms with Gasteiger partial charge in [0, 0.05) is 11.8 Å². The van der Waals surface area contributed by atoms with Gasteiger partial charge in [0.2, 0.25) is 0 Å². The third-order valence-electron chi connectivity index (χ3n) is 1.34. The van der Waals surface area contributed by atoms with Crippen LogP contribution in [0, 0.1) is 3.70 Å². The number of rotatable bonds is 2. The molecule has 0 aliphatic heterocycles. The molecule has 0 bridgehead atoms.